The minimum atomic E-state index is -3.51. The molecule has 0 saturated carbocycles. The molecule has 1 unspecified atom stereocenters. The van der Waals surface area contributed by atoms with Gasteiger partial charge in [-0.3, -0.25) is 4.57 Å². The summed E-state index contributed by atoms with van der Waals surface area (Å²) in [7, 11) is -3.51. The van der Waals surface area contributed by atoms with Crippen LogP contribution in [0.4, 0.5) is 0 Å². The van der Waals surface area contributed by atoms with Gasteiger partial charge in [-0.15, -0.1) is 0 Å². The Morgan fingerprint density at radius 2 is 1.82 bits per heavy atom. The molecule has 0 radical (unpaired) electrons. The van der Waals surface area contributed by atoms with Crippen LogP contribution >= 0.6 is 7.60 Å². The average Bonchev–Trinajstić information content (AvgIpc) is 2.16. The van der Waals surface area contributed by atoms with E-state index in [4.69, 9.17) is 13.8 Å². The molecule has 6 heteroatoms. The molecule has 1 aliphatic rings. The Balaban J connectivity index is 2.95. The Kier molecular flexibility index (Phi) is 4.78. The first-order valence-electron chi connectivity index (χ1n) is 6.04. The largest absolute Gasteiger partial charge is 0.377 e. The summed E-state index contributed by atoms with van der Waals surface area (Å²) in [4.78, 5) is 0. The first-order chi connectivity index (χ1) is 7.79. The molecular weight excluding hydrogens is 243 g/mol. The minimum absolute atomic E-state index is 0.247. The monoisotopic (exact) mass is 266 g/mol. The van der Waals surface area contributed by atoms with Crippen molar-refractivity contribution in [3.63, 3.8) is 0 Å². The molecule has 0 amide bonds. The number of ether oxygens (including phenoxy) is 1. The van der Waals surface area contributed by atoms with Crippen molar-refractivity contribution in [2.45, 2.75) is 51.5 Å². The molecule has 1 fully saturated rings. The Morgan fingerprint density at radius 3 is 2.24 bits per heavy atom. The fraction of sp³-hybridized carbons (Fsp3) is 1.00. The Morgan fingerprint density at radius 1 is 1.29 bits per heavy atom. The van der Waals surface area contributed by atoms with Gasteiger partial charge in [0.1, 0.15) is 0 Å². The lowest BCUT2D eigenvalue weighted by molar-refractivity contribution is -0.121. The van der Waals surface area contributed by atoms with Crippen LogP contribution in [0.25, 0.3) is 0 Å². The van der Waals surface area contributed by atoms with Crippen molar-refractivity contribution >= 4 is 7.60 Å². The molecule has 102 valence electrons. The number of hydrogen-bond acceptors (Lipinski definition) is 5. The van der Waals surface area contributed by atoms with Crippen LogP contribution in [0, 0.1) is 0 Å². The highest BCUT2D eigenvalue weighted by Crippen LogP contribution is 2.63. The van der Waals surface area contributed by atoms with E-state index in [0.29, 0.717) is 6.61 Å². The maximum absolute atomic E-state index is 12.6. The summed E-state index contributed by atoms with van der Waals surface area (Å²) in [6, 6.07) is 0. The van der Waals surface area contributed by atoms with Gasteiger partial charge in [0.15, 0.2) is 5.34 Å². The van der Waals surface area contributed by atoms with Crippen LogP contribution in [0.1, 0.15) is 40.5 Å². The van der Waals surface area contributed by atoms with E-state index >= 15 is 0 Å². The van der Waals surface area contributed by atoms with Crippen molar-refractivity contribution in [1.29, 1.82) is 0 Å². The Bertz CT molecular complexity index is 294. The highest BCUT2D eigenvalue weighted by Gasteiger charge is 2.54. The van der Waals surface area contributed by atoms with E-state index in [1.54, 1.807) is 13.8 Å². The van der Waals surface area contributed by atoms with E-state index in [0.717, 1.165) is 0 Å². The predicted molar refractivity (Wildman–Crippen MR) is 65.1 cm³/mol. The third-order valence-electron chi connectivity index (χ3n) is 2.81. The van der Waals surface area contributed by atoms with E-state index in [9.17, 15) is 9.67 Å². The van der Waals surface area contributed by atoms with Crippen molar-refractivity contribution < 1.29 is 23.5 Å². The second-order valence-corrected chi connectivity index (χ2v) is 7.19. The van der Waals surface area contributed by atoms with Gasteiger partial charge in [-0.25, -0.2) is 0 Å². The van der Waals surface area contributed by atoms with Crippen LogP contribution in [0.5, 0.6) is 0 Å². The summed E-state index contributed by atoms with van der Waals surface area (Å²) in [6.45, 7) is 8.05. The summed E-state index contributed by atoms with van der Waals surface area (Å²) in [5, 5.41) is 9.15. The number of aliphatic hydroxyl groups is 1. The van der Waals surface area contributed by atoms with Crippen LogP contribution in [-0.2, 0) is 18.3 Å². The summed E-state index contributed by atoms with van der Waals surface area (Å²) >= 11 is 0. The zero-order chi connectivity index (χ0) is 13.2. The maximum atomic E-state index is 12.6. The summed E-state index contributed by atoms with van der Waals surface area (Å²) in [5.41, 5.74) is -0.517. The van der Waals surface area contributed by atoms with Crippen LogP contribution in [-0.4, -0.2) is 35.9 Å². The predicted octanol–water partition coefficient (Wildman–Crippen LogP) is 2.53. The molecule has 0 aromatic heterocycles. The summed E-state index contributed by atoms with van der Waals surface area (Å²) in [5.74, 6) is 0. The number of hydrogen-bond donors (Lipinski definition) is 1. The molecule has 1 saturated heterocycles. The standard InChI is InChI=1S/C11H23O5P/c1-5-15-17(13,16-6-2)11(12)7-8-14-10(3,4)9-11/h12H,5-9H2,1-4H3. The first-order valence-corrected chi connectivity index (χ1v) is 7.58. The van der Waals surface area contributed by atoms with Crippen LogP contribution in [0.15, 0.2) is 0 Å². The zero-order valence-electron chi connectivity index (χ0n) is 11.1. The highest BCUT2D eigenvalue weighted by molar-refractivity contribution is 7.55. The van der Waals surface area contributed by atoms with Crippen LogP contribution in [0.2, 0.25) is 0 Å². The lowest BCUT2D eigenvalue weighted by atomic mass is 9.95. The highest BCUT2D eigenvalue weighted by atomic mass is 31.2. The van der Waals surface area contributed by atoms with Crippen molar-refractivity contribution in [3.8, 4) is 0 Å². The molecular formula is C11H23O5P. The van der Waals surface area contributed by atoms with Gasteiger partial charge in [0.25, 0.3) is 0 Å². The molecule has 0 bridgehead atoms. The van der Waals surface area contributed by atoms with Crippen LogP contribution in [0.3, 0.4) is 0 Å². The molecule has 1 heterocycles. The second kappa shape index (κ2) is 5.37. The molecule has 1 aliphatic heterocycles. The Labute approximate surface area is 103 Å². The van der Waals surface area contributed by atoms with Gasteiger partial charge < -0.3 is 18.9 Å². The molecule has 17 heavy (non-hydrogen) atoms. The van der Waals surface area contributed by atoms with E-state index in [2.05, 4.69) is 0 Å². The first kappa shape index (κ1) is 15.1. The fourth-order valence-electron chi connectivity index (χ4n) is 2.16. The molecule has 0 aliphatic carbocycles. The molecule has 5 nitrogen and oxygen atoms in total. The molecule has 0 aromatic rings. The number of rotatable bonds is 5. The quantitative estimate of drug-likeness (QED) is 0.775. The lowest BCUT2D eigenvalue weighted by Gasteiger charge is -2.43. The van der Waals surface area contributed by atoms with Gasteiger partial charge in [-0.1, -0.05) is 0 Å². The lowest BCUT2D eigenvalue weighted by Crippen LogP contribution is -2.46. The Hall–Kier alpha value is 0.0700. The topological polar surface area (TPSA) is 65.0 Å². The van der Waals surface area contributed by atoms with Crippen molar-refractivity contribution in [1.82, 2.24) is 0 Å². The zero-order valence-corrected chi connectivity index (χ0v) is 12.0. The summed E-state index contributed by atoms with van der Waals surface area (Å²) in [6.07, 6.45) is 0.519. The van der Waals surface area contributed by atoms with Gasteiger partial charge in [-0.2, -0.15) is 0 Å². The average molecular weight is 266 g/mol. The van der Waals surface area contributed by atoms with Gasteiger partial charge in [0.2, 0.25) is 0 Å². The second-order valence-electron chi connectivity index (χ2n) is 4.85. The van der Waals surface area contributed by atoms with E-state index < -0.39 is 18.5 Å². The third-order valence-corrected chi connectivity index (χ3v) is 5.41. The maximum Gasteiger partial charge on any atom is 0.362 e. The molecule has 1 N–H and O–H groups in total. The van der Waals surface area contributed by atoms with E-state index in [1.165, 1.54) is 0 Å². The van der Waals surface area contributed by atoms with Gasteiger partial charge >= 0.3 is 7.60 Å². The smallest absolute Gasteiger partial charge is 0.362 e. The normalized spacial score (nSPS) is 29.2. The van der Waals surface area contributed by atoms with Gasteiger partial charge in [0.05, 0.1) is 25.4 Å². The summed E-state index contributed by atoms with van der Waals surface area (Å²) < 4.78 is 28.6. The SMILES string of the molecule is CCOP(=O)(OCC)C1(O)CCOC(C)(C)C1. The molecule has 1 rings (SSSR count). The van der Waals surface area contributed by atoms with Crippen LogP contribution < -0.4 is 0 Å². The van der Waals surface area contributed by atoms with E-state index in [-0.39, 0.29) is 26.1 Å². The fourth-order valence-corrected chi connectivity index (χ4v) is 4.34. The van der Waals surface area contributed by atoms with Gasteiger partial charge in [0, 0.05) is 12.8 Å². The minimum Gasteiger partial charge on any atom is -0.377 e. The molecule has 0 aromatic carbocycles. The molecule has 0 spiro atoms. The van der Waals surface area contributed by atoms with Crippen molar-refractivity contribution in [3.05, 3.63) is 0 Å². The third kappa shape index (κ3) is 3.30. The van der Waals surface area contributed by atoms with Crippen molar-refractivity contribution in [2.24, 2.45) is 0 Å². The van der Waals surface area contributed by atoms with Gasteiger partial charge in [-0.05, 0) is 27.7 Å². The van der Waals surface area contributed by atoms with E-state index in [1.807, 2.05) is 13.8 Å². The van der Waals surface area contributed by atoms with Crippen molar-refractivity contribution in [2.75, 3.05) is 19.8 Å². The molecule has 1 atom stereocenters.